The van der Waals surface area contributed by atoms with Crippen LogP contribution in [-0.4, -0.2) is 23.9 Å². The molecule has 1 fully saturated rings. The Kier molecular flexibility index (Phi) is 3.24. The Bertz CT molecular complexity index is 212. The molecule has 0 aromatic heterocycles. The smallest absolute Gasteiger partial charge is 0.0691 e. The molecule has 4 unspecified atom stereocenters. The minimum Gasteiger partial charge on any atom is -0.392 e. The predicted octanol–water partition coefficient (Wildman–Crippen LogP) is 2.13. The van der Waals surface area contributed by atoms with Crippen molar-refractivity contribution in [3.05, 3.63) is 12.2 Å². The summed E-state index contributed by atoms with van der Waals surface area (Å²) in [6, 6.07) is 0. The van der Waals surface area contributed by atoms with E-state index in [2.05, 4.69) is 19.1 Å². The van der Waals surface area contributed by atoms with Gasteiger partial charge in [-0.05, 0) is 12.8 Å². The van der Waals surface area contributed by atoms with Crippen molar-refractivity contribution >= 4 is 0 Å². The van der Waals surface area contributed by atoms with E-state index >= 15 is 0 Å². The molecule has 2 aliphatic rings. The lowest BCUT2D eigenvalue weighted by Gasteiger charge is -2.18. The van der Waals surface area contributed by atoms with Gasteiger partial charge in [0, 0.05) is 18.4 Å². The first kappa shape index (κ1) is 10.2. The highest BCUT2D eigenvalue weighted by molar-refractivity contribution is 5.16. The highest BCUT2D eigenvalue weighted by atomic mass is 16.5. The summed E-state index contributed by atoms with van der Waals surface area (Å²) in [5.74, 6) is 0.651. The zero-order valence-corrected chi connectivity index (χ0v) is 8.86. The van der Waals surface area contributed by atoms with Gasteiger partial charge >= 0.3 is 0 Å². The van der Waals surface area contributed by atoms with E-state index in [1.165, 1.54) is 12.8 Å². The van der Waals surface area contributed by atoms with Gasteiger partial charge < -0.3 is 9.84 Å². The van der Waals surface area contributed by atoms with Gasteiger partial charge in [0.15, 0.2) is 0 Å². The minimum absolute atomic E-state index is 0.161. The Morgan fingerprint density at radius 3 is 2.79 bits per heavy atom. The molecule has 0 spiro atoms. The Labute approximate surface area is 86.0 Å². The van der Waals surface area contributed by atoms with Crippen LogP contribution in [0.2, 0.25) is 0 Å². The molecule has 2 aliphatic carbocycles. The van der Waals surface area contributed by atoms with Gasteiger partial charge in [0.1, 0.15) is 0 Å². The van der Waals surface area contributed by atoms with Crippen LogP contribution < -0.4 is 0 Å². The number of hydrogen-bond acceptors (Lipinski definition) is 2. The molecule has 2 nitrogen and oxygen atoms in total. The summed E-state index contributed by atoms with van der Waals surface area (Å²) in [6.45, 7) is 3.06. The maximum Gasteiger partial charge on any atom is 0.0691 e. The SMILES string of the molecule is CCCCCOC1CC2C=CC1C2O. The van der Waals surface area contributed by atoms with Crippen molar-refractivity contribution in [2.45, 2.75) is 44.8 Å². The van der Waals surface area contributed by atoms with Gasteiger partial charge in [-0.15, -0.1) is 0 Å². The fourth-order valence-corrected chi connectivity index (χ4v) is 2.54. The third kappa shape index (κ3) is 1.86. The zero-order chi connectivity index (χ0) is 9.97. The van der Waals surface area contributed by atoms with Gasteiger partial charge in [0.05, 0.1) is 12.2 Å². The Balaban J connectivity index is 1.71. The number of unbranched alkanes of at least 4 members (excludes halogenated alkanes) is 2. The average molecular weight is 196 g/mol. The summed E-state index contributed by atoms with van der Waals surface area (Å²) in [7, 11) is 0. The quantitative estimate of drug-likeness (QED) is 0.539. The molecule has 0 aromatic carbocycles. The zero-order valence-electron chi connectivity index (χ0n) is 8.86. The van der Waals surface area contributed by atoms with E-state index in [1.807, 2.05) is 0 Å². The number of hydrogen-bond donors (Lipinski definition) is 1. The van der Waals surface area contributed by atoms with Crippen LogP contribution >= 0.6 is 0 Å². The number of aliphatic hydroxyl groups is 1. The van der Waals surface area contributed by atoms with Gasteiger partial charge in [-0.2, -0.15) is 0 Å². The van der Waals surface area contributed by atoms with Crippen molar-refractivity contribution in [1.82, 2.24) is 0 Å². The summed E-state index contributed by atoms with van der Waals surface area (Å²) in [6.07, 6.45) is 9.06. The molecule has 0 saturated heterocycles. The molecular formula is C12H20O2. The van der Waals surface area contributed by atoms with Gasteiger partial charge in [-0.1, -0.05) is 31.9 Å². The first-order valence-corrected chi connectivity index (χ1v) is 5.81. The van der Waals surface area contributed by atoms with Crippen LogP contribution in [0.4, 0.5) is 0 Å². The van der Waals surface area contributed by atoms with Crippen LogP contribution in [-0.2, 0) is 4.74 Å². The highest BCUT2D eigenvalue weighted by Gasteiger charge is 2.44. The molecule has 1 N–H and O–H groups in total. The average Bonchev–Trinajstić information content (AvgIpc) is 2.69. The van der Waals surface area contributed by atoms with Gasteiger partial charge in [-0.25, -0.2) is 0 Å². The number of fused-ring (bicyclic) bond motifs is 2. The molecule has 1 saturated carbocycles. The number of ether oxygens (including phenoxy) is 1. The molecular weight excluding hydrogens is 176 g/mol. The molecule has 2 bridgehead atoms. The van der Waals surface area contributed by atoms with Gasteiger partial charge in [0.2, 0.25) is 0 Å². The minimum atomic E-state index is -0.161. The number of aliphatic hydroxyl groups excluding tert-OH is 1. The van der Waals surface area contributed by atoms with Crippen LogP contribution in [0.15, 0.2) is 12.2 Å². The Morgan fingerprint density at radius 1 is 1.36 bits per heavy atom. The maximum atomic E-state index is 9.76. The lowest BCUT2D eigenvalue weighted by Crippen LogP contribution is -2.22. The van der Waals surface area contributed by atoms with Gasteiger partial charge in [0.25, 0.3) is 0 Å². The standard InChI is InChI=1S/C12H20O2/c1-2-3-4-7-14-11-8-9-5-6-10(11)12(9)13/h5-6,9-13H,2-4,7-8H2,1H3. The molecule has 2 heteroatoms. The van der Waals surface area contributed by atoms with Crippen LogP contribution in [0, 0.1) is 11.8 Å². The lowest BCUT2D eigenvalue weighted by molar-refractivity contribution is 0.0187. The molecule has 0 aromatic rings. The molecule has 0 radical (unpaired) electrons. The van der Waals surface area contributed by atoms with Crippen molar-refractivity contribution < 1.29 is 9.84 Å². The van der Waals surface area contributed by atoms with Crippen LogP contribution in [0.5, 0.6) is 0 Å². The second-order valence-electron chi connectivity index (χ2n) is 4.47. The van der Waals surface area contributed by atoms with Crippen molar-refractivity contribution in [3.63, 3.8) is 0 Å². The van der Waals surface area contributed by atoms with E-state index in [1.54, 1.807) is 0 Å². The first-order chi connectivity index (χ1) is 6.83. The molecule has 4 atom stereocenters. The normalized spacial score (nSPS) is 39.6. The summed E-state index contributed by atoms with van der Waals surface area (Å²) in [5, 5.41) is 9.76. The molecule has 80 valence electrons. The monoisotopic (exact) mass is 196 g/mol. The third-order valence-electron chi connectivity index (χ3n) is 3.43. The third-order valence-corrected chi connectivity index (χ3v) is 3.43. The molecule has 0 aliphatic heterocycles. The Morgan fingerprint density at radius 2 is 2.21 bits per heavy atom. The topological polar surface area (TPSA) is 29.5 Å². The van der Waals surface area contributed by atoms with E-state index in [-0.39, 0.29) is 18.1 Å². The second kappa shape index (κ2) is 4.45. The van der Waals surface area contributed by atoms with Gasteiger partial charge in [-0.3, -0.25) is 0 Å². The van der Waals surface area contributed by atoms with Crippen LogP contribution in [0.1, 0.15) is 32.6 Å². The molecule has 14 heavy (non-hydrogen) atoms. The number of rotatable bonds is 5. The summed E-state index contributed by atoms with van der Waals surface area (Å²) < 4.78 is 5.80. The van der Waals surface area contributed by atoms with Crippen molar-refractivity contribution in [1.29, 1.82) is 0 Å². The van der Waals surface area contributed by atoms with E-state index in [0.29, 0.717) is 5.92 Å². The second-order valence-corrected chi connectivity index (χ2v) is 4.47. The maximum absolute atomic E-state index is 9.76. The fourth-order valence-electron chi connectivity index (χ4n) is 2.54. The summed E-state index contributed by atoms with van der Waals surface area (Å²) in [5.41, 5.74) is 0. The van der Waals surface area contributed by atoms with E-state index in [0.717, 1.165) is 19.4 Å². The summed E-state index contributed by atoms with van der Waals surface area (Å²) in [4.78, 5) is 0. The highest BCUT2D eigenvalue weighted by Crippen LogP contribution is 2.41. The lowest BCUT2D eigenvalue weighted by atomic mass is 10.0. The fraction of sp³-hybridized carbons (Fsp3) is 0.833. The predicted molar refractivity (Wildman–Crippen MR) is 56.0 cm³/mol. The van der Waals surface area contributed by atoms with E-state index in [4.69, 9.17) is 4.74 Å². The Hall–Kier alpha value is -0.340. The van der Waals surface area contributed by atoms with E-state index in [9.17, 15) is 5.11 Å². The van der Waals surface area contributed by atoms with Crippen molar-refractivity contribution in [2.24, 2.45) is 11.8 Å². The van der Waals surface area contributed by atoms with Crippen LogP contribution in [0.25, 0.3) is 0 Å². The van der Waals surface area contributed by atoms with E-state index < -0.39 is 0 Å². The largest absolute Gasteiger partial charge is 0.392 e. The molecule has 2 rings (SSSR count). The first-order valence-electron chi connectivity index (χ1n) is 5.81. The van der Waals surface area contributed by atoms with Crippen molar-refractivity contribution in [2.75, 3.05) is 6.61 Å². The molecule has 0 heterocycles. The summed E-state index contributed by atoms with van der Waals surface area (Å²) >= 11 is 0. The van der Waals surface area contributed by atoms with Crippen molar-refractivity contribution in [3.8, 4) is 0 Å². The molecule has 0 amide bonds. The van der Waals surface area contributed by atoms with Crippen LogP contribution in [0.3, 0.4) is 0 Å².